The second-order valence-corrected chi connectivity index (χ2v) is 5.91. The van der Waals surface area contributed by atoms with E-state index in [2.05, 4.69) is 47.1 Å². The lowest BCUT2D eigenvalue weighted by Crippen LogP contribution is -2.49. The summed E-state index contributed by atoms with van der Waals surface area (Å²) >= 11 is 0. The number of piperazine rings is 1. The molecule has 3 rings (SSSR count). The van der Waals surface area contributed by atoms with Crippen LogP contribution in [0.5, 0.6) is 0 Å². The molecule has 5 heteroatoms. The van der Waals surface area contributed by atoms with Gasteiger partial charge in [-0.05, 0) is 38.0 Å². The van der Waals surface area contributed by atoms with Crippen LogP contribution in [0.4, 0.5) is 5.69 Å². The smallest absolute Gasteiger partial charge is 0.257 e. The fourth-order valence-corrected chi connectivity index (χ4v) is 2.97. The number of carbonyl (C=O) groups excluding carboxylic acids is 1. The van der Waals surface area contributed by atoms with Crippen molar-refractivity contribution in [3.63, 3.8) is 0 Å². The SMILES string of the molecule is Cc1cccc(N2CCN(C(=O)c3cn[nH]c3C)CC2)c1C. The number of nitrogens with zero attached hydrogens (tertiary/aromatic N) is 3. The summed E-state index contributed by atoms with van der Waals surface area (Å²) in [7, 11) is 0. The molecule has 0 saturated carbocycles. The highest BCUT2D eigenvalue weighted by molar-refractivity contribution is 5.95. The molecule has 0 aliphatic carbocycles. The van der Waals surface area contributed by atoms with Crippen molar-refractivity contribution in [1.82, 2.24) is 15.1 Å². The lowest BCUT2D eigenvalue weighted by atomic mass is 10.1. The molecule has 1 saturated heterocycles. The van der Waals surface area contributed by atoms with Gasteiger partial charge in [0.1, 0.15) is 0 Å². The molecule has 1 fully saturated rings. The van der Waals surface area contributed by atoms with E-state index in [1.54, 1.807) is 6.20 Å². The number of anilines is 1. The van der Waals surface area contributed by atoms with Crippen LogP contribution in [0.2, 0.25) is 0 Å². The number of aromatic amines is 1. The fraction of sp³-hybridized carbons (Fsp3) is 0.412. The Hall–Kier alpha value is -2.30. The van der Waals surface area contributed by atoms with Gasteiger partial charge in [0.05, 0.1) is 11.8 Å². The van der Waals surface area contributed by atoms with Gasteiger partial charge >= 0.3 is 0 Å². The summed E-state index contributed by atoms with van der Waals surface area (Å²) in [5.74, 6) is 0.0758. The summed E-state index contributed by atoms with van der Waals surface area (Å²) in [6, 6.07) is 6.41. The van der Waals surface area contributed by atoms with E-state index >= 15 is 0 Å². The molecule has 0 bridgehead atoms. The van der Waals surface area contributed by atoms with Crippen molar-refractivity contribution >= 4 is 11.6 Å². The Balaban J connectivity index is 1.69. The average Bonchev–Trinajstić information content (AvgIpc) is 2.96. The van der Waals surface area contributed by atoms with Gasteiger partial charge in [0.2, 0.25) is 0 Å². The molecule has 1 aliphatic heterocycles. The van der Waals surface area contributed by atoms with Crippen LogP contribution in [0.15, 0.2) is 24.4 Å². The molecule has 1 aromatic heterocycles. The van der Waals surface area contributed by atoms with E-state index in [4.69, 9.17) is 0 Å². The third-order valence-electron chi connectivity index (χ3n) is 4.54. The second kappa shape index (κ2) is 5.83. The normalized spacial score (nSPS) is 15.2. The van der Waals surface area contributed by atoms with E-state index < -0.39 is 0 Å². The minimum atomic E-state index is 0.0758. The zero-order valence-corrected chi connectivity index (χ0v) is 13.4. The maximum atomic E-state index is 12.5. The predicted molar refractivity (Wildman–Crippen MR) is 87.4 cm³/mol. The van der Waals surface area contributed by atoms with E-state index in [9.17, 15) is 4.79 Å². The Morgan fingerprint density at radius 3 is 2.50 bits per heavy atom. The van der Waals surface area contributed by atoms with Crippen LogP contribution in [0.3, 0.4) is 0 Å². The lowest BCUT2D eigenvalue weighted by molar-refractivity contribution is 0.0746. The summed E-state index contributed by atoms with van der Waals surface area (Å²) in [6.07, 6.45) is 1.62. The minimum Gasteiger partial charge on any atom is -0.368 e. The number of carbonyl (C=O) groups is 1. The van der Waals surface area contributed by atoms with E-state index in [0.717, 1.165) is 31.9 Å². The van der Waals surface area contributed by atoms with Crippen LogP contribution >= 0.6 is 0 Å². The number of amides is 1. The average molecular weight is 298 g/mol. The molecule has 1 N–H and O–H groups in total. The first-order valence-electron chi connectivity index (χ1n) is 7.68. The highest BCUT2D eigenvalue weighted by Crippen LogP contribution is 2.24. The van der Waals surface area contributed by atoms with Crippen LogP contribution in [0.25, 0.3) is 0 Å². The summed E-state index contributed by atoms with van der Waals surface area (Å²) in [4.78, 5) is 16.8. The molecule has 22 heavy (non-hydrogen) atoms. The van der Waals surface area contributed by atoms with Crippen molar-refractivity contribution in [2.75, 3.05) is 31.1 Å². The topological polar surface area (TPSA) is 52.2 Å². The molecule has 0 unspecified atom stereocenters. The van der Waals surface area contributed by atoms with Gasteiger partial charge in [-0.25, -0.2) is 0 Å². The Kier molecular flexibility index (Phi) is 3.88. The van der Waals surface area contributed by atoms with Gasteiger partial charge in [-0.15, -0.1) is 0 Å². The molecule has 5 nitrogen and oxygen atoms in total. The van der Waals surface area contributed by atoms with Gasteiger partial charge in [-0.2, -0.15) is 5.10 Å². The first-order chi connectivity index (χ1) is 10.6. The zero-order chi connectivity index (χ0) is 15.7. The molecule has 1 aliphatic rings. The van der Waals surface area contributed by atoms with Gasteiger partial charge in [-0.1, -0.05) is 12.1 Å². The van der Waals surface area contributed by atoms with Crippen LogP contribution in [0.1, 0.15) is 27.2 Å². The number of rotatable bonds is 2. The lowest BCUT2D eigenvalue weighted by Gasteiger charge is -2.37. The second-order valence-electron chi connectivity index (χ2n) is 5.91. The molecule has 1 aromatic carbocycles. The standard InChI is InChI=1S/C17H22N4O/c1-12-5-4-6-16(13(12)2)20-7-9-21(10-8-20)17(22)15-11-18-19-14(15)3/h4-6,11H,7-10H2,1-3H3,(H,18,19). The van der Waals surface area contributed by atoms with Crippen molar-refractivity contribution < 1.29 is 4.79 Å². The first-order valence-corrected chi connectivity index (χ1v) is 7.68. The minimum absolute atomic E-state index is 0.0758. The maximum Gasteiger partial charge on any atom is 0.257 e. The Labute approximate surface area is 130 Å². The van der Waals surface area contributed by atoms with Gasteiger partial charge < -0.3 is 9.80 Å². The number of hydrogen-bond donors (Lipinski definition) is 1. The largest absolute Gasteiger partial charge is 0.368 e. The van der Waals surface area contributed by atoms with Crippen molar-refractivity contribution in [3.05, 3.63) is 46.8 Å². The summed E-state index contributed by atoms with van der Waals surface area (Å²) < 4.78 is 0. The number of H-pyrrole nitrogens is 1. The van der Waals surface area contributed by atoms with Gasteiger partial charge in [0.15, 0.2) is 0 Å². The molecule has 0 spiro atoms. The molecule has 116 valence electrons. The molecule has 2 aromatic rings. The maximum absolute atomic E-state index is 12.5. The predicted octanol–water partition coefficient (Wildman–Crippen LogP) is 2.30. The van der Waals surface area contributed by atoms with E-state index in [1.165, 1.54) is 16.8 Å². The summed E-state index contributed by atoms with van der Waals surface area (Å²) in [6.45, 7) is 9.41. The van der Waals surface area contributed by atoms with Gasteiger partial charge in [0.25, 0.3) is 5.91 Å². The van der Waals surface area contributed by atoms with Crippen LogP contribution < -0.4 is 4.90 Å². The third kappa shape index (κ3) is 2.58. The van der Waals surface area contributed by atoms with Crippen molar-refractivity contribution in [2.45, 2.75) is 20.8 Å². The Morgan fingerprint density at radius 2 is 1.86 bits per heavy atom. The third-order valence-corrected chi connectivity index (χ3v) is 4.54. The number of aromatic nitrogens is 2. The molecular weight excluding hydrogens is 276 g/mol. The monoisotopic (exact) mass is 298 g/mol. The molecular formula is C17H22N4O. The molecule has 1 amide bonds. The van der Waals surface area contributed by atoms with E-state index in [1.807, 2.05) is 11.8 Å². The highest BCUT2D eigenvalue weighted by atomic mass is 16.2. The summed E-state index contributed by atoms with van der Waals surface area (Å²) in [5.41, 5.74) is 5.44. The highest BCUT2D eigenvalue weighted by Gasteiger charge is 2.24. The van der Waals surface area contributed by atoms with E-state index in [-0.39, 0.29) is 5.91 Å². The Bertz CT molecular complexity index is 684. The Morgan fingerprint density at radius 1 is 1.14 bits per heavy atom. The van der Waals surface area contributed by atoms with Crippen LogP contribution in [-0.2, 0) is 0 Å². The van der Waals surface area contributed by atoms with Crippen molar-refractivity contribution in [2.24, 2.45) is 0 Å². The van der Waals surface area contributed by atoms with Crippen molar-refractivity contribution in [1.29, 1.82) is 0 Å². The number of hydrogen-bond acceptors (Lipinski definition) is 3. The quantitative estimate of drug-likeness (QED) is 0.925. The van der Waals surface area contributed by atoms with E-state index in [0.29, 0.717) is 5.56 Å². The van der Waals surface area contributed by atoms with Crippen molar-refractivity contribution in [3.8, 4) is 0 Å². The van der Waals surface area contributed by atoms with Crippen LogP contribution in [0, 0.1) is 20.8 Å². The van der Waals surface area contributed by atoms with Gasteiger partial charge in [-0.3, -0.25) is 9.89 Å². The number of nitrogens with one attached hydrogen (secondary N) is 1. The summed E-state index contributed by atoms with van der Waals surface area (Å²) in [5, 5.41) is 6.77. The molecule has 2 heterocycles. The van der Waals surface area contributed by atoms with Gasteiger partial charge in [0, 0.05) is 37.6 Å². The van der Waals surface area contributed by atoms with Crippen LogP contribution in [-0.4, -0.2) is 47.2 Å². The molecule has 0 radical (unpaired) electrons. The zero-order valence-electron chi connectivity index (χ0n) is 13.4. The fourth-order valence-electron chi connectivity index (χ4n) is 2.97. The first kappa shape index (κ1) is 14.6. The number of aryl methyl sites for hydroxylation is 2. The number of benzene rings is 1. The molecule has 0 atom stereocenters.